The summed E-state index contributed by atoms with van der Waals surface area (Å²) in [6.07, 6.45) is 5.80. The first-order valence-electron chi connectivity index (χ1n) is 17.9. The molecule has 0 spiro atoms. The van der Waals surface area contributed by atoms with Crippen LogP contribution in [0, 0.1) is 0 Å². The van der Waals surface area contributed by atoms with Crippen LogP contribution in [0.15, 0.2) is 53.6 Å². The van der Waals surface area contributed by atoms with Crippen molar-refractivity contribution in [2.24, 2.45) is 5.73 Å². The molecule has 4 N–H and O–H groups in total. The molecular weight excluding hydrogens is 735 g/mol. The van der Waals surface area contributed by atoms with Crippen molar-refractivity contribution < 1.29 is 46.7 Å². The van der Waals surface area contributed by atoms with E-state index in [-0.39, 0.29) is 53.6 Å². The number of anilines is 1. The van der Waals surface area contributed by atoms with Gasteiger partial charge in [-0.2, -0.15) is 0 Å². The zero-order valence-corrected chi connectivity index (χ0v) is 30.9. The van der Waals surface area contributed by atoms with Crippen LogP contribution in [-0.4, -0.2) is 104 Å². The Bertz CT molecular complexity index is 2130. The van der Waals surface area contributed by atoms with E-state index in [1.165, 1.54) is 30.5 Å². The van der Waals surface area contributed by atoms with Crippen molar-refractivity contribution in [3.63, 3.8) is 0 Å². The van der Waals surface area contributed by atoms with E-state index in [9.17, 15) is 37.2 Å². The lowest BCUT2D eigenvalue weighted by Crippen LogP contribution is -2.54. The summed E-state index contributed by atoms with van der Waals surface area (Å²) in [4.78, 5) is 86.4. The minimum atomic E-state index is -3.36. The third kappa shape index (κ3) is 9.25. The predicted molar refractivity (Wildman–Crippen MR) is 195 cm³/mol. The molecule has 6 rings (SSSR count). The number of aromatic nitrogens is 2. The van der Waals surface area contributed by atoms with Crippen molar-refractivity contribution in [2.45, 2.75) is 68.3 Å². The molecule has 2 fully saturated rings. The van der Waals surface area contributed by atoms with E-state index in [2.05, 4.69) is 20.6 Å². The Morgan fingerprint density at radius 3 is 2.45 bits per heavy atom. The van der Waals surface area contributed by atoms with Crippen LogP contribution in [-0.2, 0) is 30.6 Å². The highest BCUT2D eigenvalue weighted by molar-refractivity contribution is 7.90. The van der Waals surface area contributed by atoms with Crippen molar-refractivity contribution in [1.82, 2.24) is 25.5 Å². The zero-order valence-electron chi connectivity index (χ0n) is 30.1. The van der Waals surface area contributed by atoms with Gasteiger partial charge in [0.15, 0.2) is 9.84 Å². The minimum absolute atomic E-state index is 0.0234. The number of carbonyl (C=O) groups excluding carboxylic acids is 6. The topological polar surface area (TPSA) is 237 Å². The number of hydrogen-bond donors (Lipinski definition) is 3. The summed E-state index contributed by atoms with van der Waals surface area (Å²) in [5.41, 5.74) is 6.99. The SMILES string of the molecule is CS(=O)(=O)c1ccc(Cc2nc(N3CCC[C@@H](NC(=O)OCCCCCOc4ccc5c(c4)C(=O)N(C4CCC(=O)NC4=O)C5=O)C3)cnc2C(N)=O)cc1. The summed E-state index contributed by atoms with van der Waals surface area (Å²) in [6.45, 7) is 1.62. The van der Waals surface area contributed by atoms with Gasteiger partial charge < -0.3 is 25.4 Å². The summed E-state index contributed by atoms with van der Waals surface area (Å²) in [5, 5.41) is 5.08. The minimum Gasteiger partial charge on any atom is -0.494 e. The van der Waals surface area contributed by atoms with Crippen LogP contribution in [0.3, 0.4) is 0 Å². The van der Waals surface area contributed by atoms with Gasteiger partial charge in [-0.1, -0.05) is 12.1 Å². The summed E-state index contributed by atoms with van der Waals surface area (Å²) in [5.74, 6) is -2.11. The average molecular weight is 776 g/mol. The number of alkyl carbamates (subject to hydrolysis) is 1. The number of carbonyl (C=O) groups is 6. The lowest BCUT2D eigenvalue weighted by Gasteiger charge is -2.33. The molecule has 0 saturated carbocycles. The Balaban J connectivity index is 0.921. The third-order valence-corrected chi connectivity index (χ3v) is 10.7. The Morgan fingerprint density at radius 2 is 1.73 bits per heavy atom. The van der Waals surface area contributed by atoms with E-state index in [0.717, 1.165) is 29.6 Å². The lowest BCUT2D eigenvalue weighted by atomic mass is 10.0. The maximum atomic E-state index is 13.0. The summed E-state index contributed by atoms with van der Waals surface area (Å²) < 4.78 is 34.9. The zero-order chi connectivity index (χ0) is 39.3. The smallest absolute Gasteiger partial charge is 0.407 e. The fourth-order valence-electron chi connectivity index (χ4n) is 6.73. The first kappa shape index (κ1) is 38.8. The van der Waals surface area contributed by atoms with E-state index >= 15 is 0 Å². The van der Waals surface area contributed by atoms with Gasteiger partial charge >= 0.3 is 6.09 Å². The van der Waals surface area contributed by atoms with Gasteiger partial charge in [-0.15, -0.1) is 0 Å². The largest absolute Gasteiger partial charge is 0.494 e. The number of primary amides is 1. The fraction of sp³-hybridized carbons (Fsp3) is 0.405. The number of ether oxygens (including phenoxy) is 2. The molecule has 18 heteroatoms. The molecule has 1 aromatic heterocycles. The fourth-order valence-corrected chi connectivity index (χ4v) is 7.36. The van der Waals surface area contributed by atoms with Gasteiger partial charge in [0, 0.05) is 38.2 Å². The maximum Gasteiger partial charge on any atom is 0.407 e. The molecule has 2 saturated heterocycles. The third-order valence-electron chi connectivity index (χ3n) is 9.56. The summed E-state index contributed by atoms with van der Waals surface area (Å²) >= 11 is 0. The molecule has 3 aliphatic heterocycles. The highest BCUT2D eigenvalue weighted by Gasteiger charge is 2.44. The molecule has 6 amide bonds. The Morgan fingerprint density at radius 1 is 0.982 bits per heavy atom. The second kappa shape index (κ2) is 16.6. The molecule has 0 bridgehead atoms. The number of nitrogens with zero attached hydrogens (tertiary/aromatic N) is 4. The van der Waals surface area contributed by atoms with Crippen molar-refractivity contribution in [2.75, 3.05) is 37.5 Å². The van der Waals surface area contributed by atoms with Crippen molar-refractivity contribution in [3.8, 4) is 5.75 Å². The Labute approximate surface area is 316 Å². The van der Waals surface area contributed by atoms with Crippen LogP contribution in [0.2, 0.25) is 0 Å². The number of fused-ring (bicyclic) bond motifs is 1. The molecule has 0 radical (unpaired) electrons. The molecule has 3 aliphatic rings. The maximum absolute atomic E-state index is 13.0. The van der Waals surface area contributed by atoms with Crippen molar-refractivity contribution in [1.29, 1.82) is 0 Å². The molecule has 2 aromatic carbocycles. The van der Waals surface area contributed by atoms with Crippen molar-refractivity contribution >= 4 is 51.3 Å². The molecule has 17 nitrogen and oxygen atoms in total. The molecule has 1 unspecified atom stereocenters. The van der Waals surface area contributed by atoms with Crippen LogP contribution >= 0.6 is 0 Å². The lowest BCUT2D eigenvalue weighted by molar-refractivity contribution is -0.136. The highest BCUT2D eigenvalue weighted by atomic mass is 32.2. The van der Waals surface area contributed by atoms with Gasteiger partial charge in [-0.25, -0.2) is 23.2 Å². The number of amides is 6. The summed E-state index contributed by atoms with van der Waals surface area (Å²) in [6, 6.07) is 9.60. The monoisotopic (exact) mass is 775 g/mol. The predicted octanol–water partition coefficient (Wildman–Crippen LogP) is 1.92. The number of nitrogens with one attached hydrogen (secondary N) is 2. The van der Waals surface area contributed by atoms with Crippen molar-refractivity contribution in [3.05, 3.63) is 76.7 Å². The first-order valence-corrected chi connectivity index (χ1v) is 19.8. The molecule has 290 valence electrons. The standard InChI is InChI=1S/C37H41N7O10S/c1-55(51,52)25-10-7-22(8-11-25)18-28-32(33(38)46)39-20-30(41-28)43-15-5-6-23(21-43)40-37(50)54-17-4-2-3-16-53-24-9-12-26-27(19-24)36(49)44(35(26)48)29-13-14-31(45)42-34(29)47/h7-12,19-20,23,29H,2-6,13-18,21H2,1H3,(H2,38,46)(H,40,50)(H,42,45,47)/t23-,29?/m1/s1. The average Bonchev–Trinajstić information content (AvgIpc) is 3.39. The first-order chi connectivity index (χ1) is 26.3. The molecule has 2 atom stereocenters. The quantitative estimate of drug-likeness (QED) is 0.157. The van der Waals surface area contributed by atoms with Crippen LogP contribution in [0.4, 0.5) is 10.6 Å². The summed E-state index contributed by atoms with van der Waals surface area (Å²) in [7, 11) is -3.36. The van der Waals surface area contributed by atoms with E-state index < -0.39 is 51.5 Å². The van der Waals surface area contributed by atoms with Gasteiger partial charge in [0.25, 0.3) is 17.7 Å². The van der Waals surface area contributed by atoms with E-state index in [1.807, 2.05) is 4.90 Å². The Kier molecular flexibility index (Phi) is 11.7. The van der Waals surface area contributed by atoms with Crippen LogP contribution < -0.4 is 26.0 Å². The Hall–Kier alpha value is -5.91. The van der Waals surface area contributed by atoms with Crippen LogP contribution in [0.5, 0.6) is 5.75 Å². The highest BCUT2D eigenvalue weighted by Crippen LogP contribution is 2.30. The number of rotatable bonds is 14. The number of unbranched alkanes of at least 4 members (excludes halogenated alkanes) is 2. The normalized spacial score (nSPS) is 18.5. The second-order valence-corrected chi connectivity index (χ2v) is 15.6. The van der Waals surface area contributed by atoms with E-state index in [4.69, 9.17) is 15.2 Å². The number of sulfone groups is 1. The van der Waals surface area contributed by atoms with Gasteiger partial charge in [0.1, 0.15) is 23.3 Å². The number of hydrogen-bond acceptors (Lipinski definition) is 13. The number of benzene rings is 2. The molecule has 4 heterocycles. The van der Waals surface area contributed by atoms with Gasteiger partial charge in [0.2, 0.25) is 11.8 Å². The van der Waals surface area contributed by atoms with Gasteiger partial charge in [-0.05, 0) is 74.4 Å². The molecular formula is C37H41N7O10S. The number of imide groups is 2. The molecule has 55 heavy (non-hydrogen) atoms. The van der Waals surface area contributed by atoms with E-state index in [0.29, 0.717) is 56.2 Å². The molecule has 3 aromatic rings. The molecule has 0 aliphatic carbocycles. The van der Waals surface area contributed by atoms with E-state index in [1.54, 1.807) is 18.2 Å². The van der Waals surface area contributed by atoms with Crippen LogP contribution in [0.25, 0.3) is 0 Å². The number of nitrogens with two attached hydrogens (primary N) is 1. The van der Waals surface area contributed by atoms with Crippen LogP contribution in [0.1, 0.15) is 87.4 Å². The van der Waals surface area contributed by atoms with Gasteiger partial charge in [-0.3, -0.25) is 34.2 Å². The van der Waals surface area contributed by atoms with Gasteiger partial charge in [0.05, 0.1) is 41.1 Å². The second-order valence-electron chi connectivity index (χ2n) is 13.6. The number of piperidine rings is 2.